The van der Waals surface area contributed by atoms with Crippen molar-refractivity contribution >= 4 is 11.6 Å². The summed E-state index contributed by atoms with van der Waals surface area (Å²) in [6.45, 7) is 8.62. The summed E-state index contributed by atoms with van der Waals surface area (Å²) in [5, 5.41) is 0. The van der Waals surface area contributed by atoms with Gasteiger partial charge in [0.1, 0.15) is 5.65 Å². The number of carbonyl (C=O) groups excluding carboxylic acids is 1. The van der Waals surface area contributed by atoms with Gasteiger partial charge in [0.05, 0.1) is 5.69 Å². The Kier molecular flexibility index (Phi) is 6.25. The third-order valence-corrected chi connectivity index (χ3v) is 7.49. The van der Waals surface area contributed by atoms with Crippen LogP contribution < -0.4 is 0 Å². The molecule has 2 aliphatic heterocycles. The molecule has 2 aromatic heterocycles. The monoisotopic (exact) mass is 424 g/mol. The maximum Gasteiger partial charge on any atom is 0.274 e. The Hall–Kier alpha value is -1.96. The molecule has 1 aliphatic carbocycles. The van der Waals surface area contributed by atoms with Gasteiger partial charge in [0, 0.05) is 71.1 Å². The molecule has 1 amide bonds. The molecule has 0 aromatic carbocycles. The maximum absolute atomic E-state index is 13.6. The number of pyridine rings is 1. The summed E-state index contributed by atoms with van der Waals surface area (Å²) in [5.41, 5.74) is 2.56. The Bertz CT molecular complexity index is 889. The highest BCUT2D eigenvalue weighted by molar-refractivity contribution is 5.94. The number of piperazine rings is 2. The predicted molar refractivity (Wildman–Crippen MR) is 122 cm³/mol. The Labute approximate surface area is 185 Å². The molecule has 0 spiro atoms. The number of fused-ring (bicyclic) bond motifs is 1. The molecule has 3 aliphatic rings. The van der Waals surface area contributed by atoms with Crippen LogP contribution in [0.1, 0.15) is 48.3 Å². The Balaban J connectivity index is 1.31. The Morgan fingerprint density at radius 3 is 2.45 bits per heavy atom. The molecule has 5 rings (SSSR count). The number of rotatable bonds is 4. The van der Waals surface area contributed by atoms with Crippen LogP contribution in [0.2, 0.25) is 0 Å². The van der Waals surface area contributed by atoms with E-state index in [1.54, 1.807) is 0 Å². The van der Waals surface area contributed by atoms with Gasteiger partial charge in [-0.1, -0.05) is 25.3 Å². The normalized spacial score (nSPS) is 22.9. The number of imidazole rings is 1. The van der Waals surface area contributed by atoms with Crippen LogP contribution in [-0.2, 0) is 6.54 Å². The maximum atomic E-state index is 13.6. The van der Waals surface area contributed by atoms with Gasteiger partial charge in [0.2, 0.25) is 0 Å². The minimum Gasteiger partial charge on any atom is -0.335 e. The number of hydrogen-bond acceptors (Lipinski definition) is 5. The van der Waals surface area contributed by atoms with Gasteiger partial charge >= 0.3 is 0 Å². The molecule has 4 heterocycles. The van der Waals surface area contributed by atoms with E-state index in [-0.39, 0.29) is 5.91 Å². The fourth-order valence-electron chi connectivity index (χ4n) is 5.47. The fourth-order valence-corrected chi connectivity index (χ4v) is 5.47. The second-order valence-corrected chi connectivity index (χ2v) is 9.54. The van der Waals surface area contributed by atoms with E-state index < -0.39 is 0 Å². The second-order valence-electron chi connectivity index (χ2n) is 9.54. The van der Waals surface area contributed by atoms with E-state index in [2.05, 4.69) is 26.1 Å². The number of likely N-dealkylation sites (N-methyl/N-ethyl adjacent to an activating group) is 1. The number of carbonyl (C=O) groups is 1. The van der Waals surface area contributed by atoms with E-state index in [0.29, 0.717) is 5.69 Å². The lowest BCUT2D eigenvalue weighted by Gasteiger charge is -2.40. The first kappa shape index (κ1) is 20.9. The molecule has 7 nitrogen and oxygen atoms in total. The Morgan fingerprint density at radius 2 is 1.71 bits per heavy atom. The highest BCUT2D eigenvalue weighted by Crippen LogP contribution is 2.24. The van der Waals surface area contributed by atoms with E-state index in [0.717, 1.165) is 76.3 Å². The van der Waals surface area contributed by atoms with Crippen molar-refractivity contribution < 1.29 is 4.79 Å². The van der Waals surface area contributed by atoms with E-state index in [1.165, 1.54) is 32.1 Å². The summed E-state index contributed by atoms with van der Waals surface area (Å²) >= 11 is 0. The van der Waals surface area contributed by atoms with Crippen LogP contribution in [0, 0.1) is 0 Å². The molecule has 2 saturated heterocycles. The van der Waals surface area contributed by atoms with Gasteiger partial charge in [0.15, 0.2) is 5.69 Å². The van der Waals surface area contributed by atoms with Crippen molar-refractivity contribution in [3.63, 3.8) is 0 Å². The molecule has 2 aromatic rings. The molecule has 31 heavy (non-hydrogen) atoms. The van der Waals surface area contributed by atoms with Gasteiger partial charge in [0.25, 0.3) is 5.91 Å². The lowest BCUT2D eigenvalue weighted by Crippen LogP contribution is -2.52. The van der Waals surface area contributed by atoms with Crippen molar-refractivity contribution in [2.45, 2.75) is 44.7 Å². The third kappa shape index (κ3) is 4.49. The van der Waals surface area contributed by atoms with Crippen LogP contribution in [0.3, 0.4) is 0 Å². The predicted octanol–water partition coefficient (Wildman–Crippen LogP) is 2.17. The third-order valence-electron chi connectivity index (χ3n) is 7.49. The van der Waals surface area contributed by atoms with E-state index >= 15 is 0 Å². The average molecular weight is 425 g/mol. The summed E-state index contributed by atoms with van der Waals surface area (Å²) in [7, 11) is 2.17. The van der Waals surface area contributed by atoms with Crippen molar-refractivity contribution in [1.82, 2.24) is 29.0 Å². The van der Waals surface area contributed by atoms with Crippen molar-refractivity contribution in [2.75, 3.05) is 59.4 Å². The lowest BCUT2D eigenvalue weighted by molar-refractivity contribution is 0.0516. The number of hydrogen-bond donors (Lipinski definition) is 0. The molecular formula is C24H36N6O. The van der Waals surface area contributed by atoms with E-state index in [1.807, 2.05) is 29.3 Å². The molecule has 0 unspecified atom stereocenters. The molecule has 168 valence electrons. The average Bonchev–Trinajstić information content (AvgIpc) is 3.19. The van der Waals surface area contributed by atoms with E-state index in [4.69, 9.17) is 4.98 Å². The molecular weight excluding hydrogens is 388 g/mol. The van der Waals surface area contributed by atoms with Gasteiger partial charge in [-0.15, -0.1) is 0 Å². The number of amides is 1. The zero-order chi connectivity index (χ0) is 21.2. The molecule has 0 atom stereocenters. The van der Waals surface area contributed by atoms with Crippen molar-refractivity contribution in [1.29, 1.82) is 0 Å². The highest BCUT2D eigenvalue weighted by atomic mass is 16.2. The lowest BCUT2D eigenvalue weighted by atomic mass is 9.94. The highest BCUT2D eigenvalue weighted by Gasteiger charge is 2.30. The van der Waals surface area contributed by atoms with Crippen molar-refractivity contribution in [3.8, 4) is 0 Å². The summed E-state index contributed by atoms with van der Waals surface area (Å²) in [6, 6.07) is 6.76. The van der Waals surface area contributed by atoms with Crippen LogP contribution in [0.5, 0.6) is 0 Å². The minimum atomic E-state index is 0.108. The largest absolute Gasteiger partial charge is 0.335 e. The summed E-state index contributed by atoms with van der Waals surface area (Å²) in [4.78, 5) is 27.8. The SMILES string of the molecule is CN1CCN(Cc2c(C(=O)N3CCN(C4CCCCC4)CC3)nc3ccccn23)CC1. The van der Waals surface area contributed by atoms with Gasteiger partial charge in [-0.3, -0.25) is 14.6 Å². The van der Waals surface area contributed by atoms with Crippen molar-refractivity contribution in [3.05, 3.63) is 35.8 Å². The van der Waals surface area contributed by atoms with Gasteiger partial charge in [-0.05, 0) is 32.0 Å². The van der Waals surface area contributed by atoms with Gasteiger partial charge in [-0.25, -0.2) is 4.98 Å². The summed E-state index contributed by atoms with van der Waals surface area (Å²) in [5.74, 6) is 0.108. The number of nitrogens with zero attached hydrogens (tertiary/aromatic N) is 6. The standard InChI is InChI=1S/C24H36N6O/c1-26-11-13-27(14-12-26)19-21-23(25-22-9-5-6-10-30(21)22)24(31)29-17-15-28(16-18-29)20-7-3-2-4-8-20/h5-6,9-10,20H,2-4,7-8,11-19H2,1H3. The topological polar surface area (TPSA) is 47.3 Å². The van der Waals surface area contributed by atoms with Crippen LogP contribution in [0.15, 0.2) is 24.4 Å². The zero-order valence-electron chi connectivity index (χ0n) is 18.9. The smallest absolute Gasteiger partial charge is 0.274 e. The molecule has 0 bridgehead atoms. The molecule has 3 fully saturated rings. The first-order chi connectivity index (χ1) is 15.2. The Morgan fingerprint density at radius 1 is 0.968 bits per heavy atom. The summed E-state index contributed by atoms with van der Waals surface area (Å²) in [6.07, 6.45) is 8.82. The first-order valence-electron chi connectivity index (χ1n) is 12.1. The van der Waals surface area contributed by atoms with E-state index in [9.17, 15) is 4.79 Å². The van der Waals surface area contributed by atoms with Crippen LogP contribution in [0.25, 0.3) is 5.65 Å². The quantitative estimate of drug-likeness (QED) is 0.753. The van der Waals surface area contributed by atoms with Gasteiger partial charge in [-0.2, -0.15) is 0 Å². The second kappa shape index (κ2) is 9.27. The molecule has 7 heteroatoms. The first-order valence-corrected chi connectivity index (χ1v) is 12.1. The number of aromatic nitrogens is 2. The van der Waals surface area contributed by atoms with Crippen LogP contribution in [-0.4, -0.2) is 100 Å². The van der Waals surface area contributed by atoms with Gasteiger partial charge < -0.3 is 14.2 Å². The minimum absolute atomic E-state index is 0.108. The van der Waals surface area contributed by atoms with Crippen LogP contribution >= 0.6 is 0 Å². The molecule has 1 saturated carbocycles. The zero-order valence-corrected chi connectivity index (χ0v) is 18.9. The van der Waals surface area contributed by atoms with Crippen LogP contribution in [0.4, 0.5) is 0 Å². The van der Waals surface area contributed by atoms with Crippen molar-refractivity contribution in [2.24, 2.45) is 0 Å². The molecule has 0 N–H and O–H groups in total. The molecule has 0 radical (unpaired) electrons. The fraction of sp³-hybridized carbons (Fsp3) is 0.667. The summed E-state index contributed by atoms with van der Waals surface area (Å²) < 4.78 is 2.11.